The second-order valence-electron chi connectivity index (χ2n) is 5.30. The summed E-state index contributed by atoms with van der Waals surface area (Å²) in [6.07, 6.45) is 6.67. The Morgan fingerprint density at radius 1 is 1.29 bits per heavy atom. The van der Waals surface area contributed by atoms with Gasteiger partial charge in [-0.3, -0.25) is 4.68 Å². The molecule has 0 N–H and O–H groups in total. The van der Waals surface area contributed by atoms with Crippen LogP contribution in [0, 0.1) is 6.92 Å². The Kier molecular flexibility index (Phi) is 3.93. The van der Waals surface area contributed by atoms with E-state index in [4.69, 9.17) is 0 Å². The molecule has 0 atom stereocenters. The molecular weight excluding hydrogens is 188 g/mol. The predicted molar refractivity (Wildman–Crippen MR) is 64.4 cm³/mol. The van der Waals surface area contributed by atoms with Gasteiger partial charge in [-0.05, 0) is 18.9 Å². The van der Waals surface area contributed by atoms with E-state index >= 15 is 0 Å². The van der Waals surface area contributed by atoms with Crippen LogP contribution >= 0.6 is 0 Å². The highest BCUT2D eigenvalue weighted by molar-refractivity contribution is 6.76. The van der Waals surface area contributed by atoms with Crippen LogP contribution in [0.2, 0.25) is 25.7 Å². The highest BCUT2D eigenvalue weighted by Gasteiger charge is 2.11. The zero-order chi connectivity index (χ0) is 10.6. The Bertz CT molecular complexity index is 273. The van der Waals surface area contributed by atoms with Crippen molar-refractivity contribution in [3.8, 4) is 0 Å². The second-order valence-corrected chi connectivity index (χ2v) is 10.9. The Hall–Kier alpha value is -0.573. The van der Waals surface area contributed by atoms with E-state index in [2.05, 4.69) is 42.5 Å². The molecule has 14 heavy (non-hydrogen) atoms. The van der Waals surface area contributed by atoms with Gasteiger partial charge in [0.05, 0.1) is 6.20 Å². The average Bonchev–Trinajstić information content (AvgIpc) is 2.44. The number of unbranched alkanes of at least 4 members (excludes halogenated alkanes) is 1. The third kappa shape index (κ3) is 4.60. The molecule has 0 aliphatic heterocycles. The van der Waals surface area contributed by atoms with Crippen LogP contribution in [0.4, 0.5) is 0 Å². The molecule has 2 nitrogen and oxygen atoms in total. The molecule has 0 spiro atoms. The van der Waals surface area contributed by atoms with Crippen molar-refractivity contribution in [1.29, 1.82) is 0 Å². The number of aromatic nitrogens is 2. The average molecular weight is 210 g/mol. The molecule has 0 saturated carbocycles. The number of hydrogen-bond donors (Lipinski definition) is 0. The fourth-order valence-corrected chi connectivity index (χ4v) is 2.83. The van der Waals surface area contributed by atoms with Crippen molar-refractivity contribution in [2.45, 2.75) is 52.0 Å². The van der Waals surface area contributed by atoms with E-state index in [1.54, 1.807) is 0 Å². The van der Waals surface area contributed by atoms with Gasteiger partial charge in [0, 0.05) is 20.8 Å². The third-order valence-corrected chi connectivity index (χ3v) is 4.18. The van der Waals surface area contributed by atoms with Crippen molar-refractivity contribution in [2.24, 2.45) is 0 Å². The maximum atomic E-state index is 4.28. The molecule has 80 valence electrons. The first-order chi connectivity index (χ1) is 6.47. The van der Waals surface area contributed by atoms with Crippen molar-refractivity contribution < 1.29 is 0 Å². The standard InChI is InChI=1S/C11H22N2Si/c1-11-9-12-13(10-11)7-5-6-8-14(2,3)4/h9-10H,5-8H2,1-4H3. The van der Waals surface area contributed by atoms with Crippen molar-refractivity contribution >= 4 is 8.07 Å². The first kappa shape index (κ1) is 11.5. The van der Waals surface area contributed by atoms with Crippen molar-refractivity contribution in [1.82, 2.24) is 9.78 Å². The van der Waals surface area contributed by atoms with E-state index in [0.29, 0.717) is 0 Å². The van der Waals surface area contributed by atoms with E-state index in [9.17, 15) is 0 Å². The summed E-state index contributed by atoms with van der Waals surface area (Å²) in [6, 6.07) is 1.44. The van der Waals surface area contributed by atoms with Gasteiger partial charge >= 0.3 is 0 Å². The van der Waals surface area contributed by atoms with Gasteiger partial charge < -0.3 is 0 Å². The number of hydrogen-bond acceptors (Lipinski definition) is 1. The van der Waals surface area contributed by atoms with E-state index < -0.39 is 8.07 Å². The Balaban J connectivity index is 2.16. The number of aryl methyl sites for hydroxylation is 2. The van der Waals surface area contributed by atoms with Crippen molar-refractivity contribution in [2.75, 3.05) is 0 Å². The maximum absolute atomic E-state index is 4.28. The van der Waals surface area contributed by atoms with Gasteiger partial charge in [0.1, 0.15) is 0 Å². The zero-order valence-electron chi connectivity index (χ0n) is 9.88. The fraction of sp³-hybridized carbons (Fsp3) is 0.727. The molecule has 0 aliphatic rings. The number of nitrogens with zero attached hydrogens (tertiary/aromatic N) is 2. The topological polar surface area (TPSA) is 17.8 Å². The smallest absolute Gasteiger partial charge is 0.0518 e. The second kappa shape index (κ2) is 4.78. The van der Waals surface area contributed by atoms with Crippen LogP contribution in [-0.4, -0.2) is 17.9 Å². The summed E-state index contributed by atoms with van der Waals surface area (Å²) in [5, 5.41) is 4.28. The minimum absolute atomic E-state index is 0.820. The fourth-order valence-electron chi connectivity index (χ4n) is 1.52. The molecule has 1 heterocycles. The lowest BCUT2D eigenvalue weighted by atomic mass is 10.3. The first-order valence-electron chi connectivity index (χ1n) is 5.46. The van der Waals surface area contributed by atoms with Crippen LogP contribution in [0.15, 0.2) is 12.4 Å². The Morgan fingerprint density at radius 3 is 2.50 bits per heavy atom. The molecule has 1 aromatic rings. The summed E-state index contributed by atoms with van der Waals surface area (Å²) in [5.41, 5.74) is 1.26. The molecular formula is C11H22N2Si. The molecule has 0 saturated heterocycles. The molecule has 1 aromatic heterocycles. The largest absolute Gasteiger partial charge is 0.272 e. The SMILES string of the molecule is Cc1cnn(CCCC[Si](C)(C)C)c1. The normalized spacial score (nSPS) is 12.0. The molecule has 0 bridgehead atoms. The van der Waals surface area contributed by atoms with Crippen LogP contribution in [0.3, 0.4) is 0 Å². The molecule has 0 radical (unpaired) electrons. The van der Waals surface area contributed by atoms with E-state index in [0.717, 1.165) is 6.54 Å². The van der Waals surface area contributed by atoms with Gasteiger partial charge in [-0.25, -0.2) is 0 Å². The molecule has 1 rings (SSSR count). The van der Waals surface area contributed by atoms with Gasteiger partial charge in [-0.2, -0.15) is 5.10 Å². The van der Waals surface area contributed by atoms with E-state index in [-0.39, 0.29) is 0 Å². The maximum Gasteiger partial charge on any atom is 0.0518 e. The summed E-state index contributed by atoms with van der Waals surface area (Å²) in [4.78, 5) is 0. The summed E-state index contributed by atoms with van der Waals surface area (Å²) >= 11 is 0. The summed E-state index contributed by atoms with van der Waals surface area (Å²) in [7, 11) is -0.820. The predicted octanol–water partition coefficient (Wildman–Crippen LogP) is 3.31. The van der Waals surface area contributed by atoms with Gasteiger partial charge in [-0.1, -0.05) is 32.1 Å². The zero-order valence-corrected chi connectivity index (χ0v) is 10.9. The minimum Gasteiger partial charge on any atom is -0.272 e. The lowest BCUT2D eigenvalue weighted by molar-refractivity contribution is 0.570. The third-order valence-electron chi connectivity index (χ3n) is 2.33. The Morgan fingerprint density at radius 2 is 2.00 bits per heavy atom. The molecule has 0 unspecified atom stereocenters. The van der Waals surface area contributed by atoms with E-state index in [1.165, 1.54) is 24.4 Å². The summed E-state index contributed by atoms with van der Waals surface area (Å²) in [6.45, 7) is 10.5. The van der Waals surface area contributed by atoms with Crippen molar-refractivity contribution in [3.05, 3.63) is 18.0 Å². The molecule has 0 amide bonds. The van der Waals surface area contributed by atoms with Crippen LogP contribution in [0.1, 0.15) is 18.4 Å². The summed E-state index contributed by atoms with van der Waals surface area (Å²) in [5.74, 6) is 0. The Labute approximate surface area is 88.3 Å². The van der Waals surface area contributed by atoms with Crippen LogP contribution in [0.25, 0.3) is 0 Å². The quantitative estimate of drug-likeness (QED) is 0.538. The van der Waals surface area contributed by atoms with Gasteiger partial charge in [-0.15, -0.1) is 0 Å². The van der Waals surface area contributed by atoms with Crippen LogP contribution in [0.5, 0.6) is 0 Å². The summed E-state index contributed by atoms with van der Waals surface area (Å²) < 4.78 is 2.06. The van der Waals surface area contributed by atoms with Crippen LogP contribution in [-0.2, 0) is 6.54 Å². The van der Waals surface area contributed by atoms with Crippen LogP contribution < -0.4 is 0 Å². The molecule has 0 aromatic carbocycles. The monoisotopic (exact) mass is 210 g/mol. The van der Waals surface area contributed by atoms with Gasteiger partial charge in [0.15, 0.2) is 0 Å². The highest BCUT2D eigenvalue weighted by atomic mass is 28.3. The number of rotatable bonds is 5. The lowest BCUT2D eigenvalue weighted by Crippen LogP contribution is -2.18. The molecule has 0 aliphatic carbocycles. The molecule has 3 heteroatoms. The molecule has 0 fully saturated rings. The van der Waals surface area contributed by atoms with Crippen molar-refractivity contribution in [3.63, 3.8) is 0 Å². The van der Waals surface area contributed by atoms with E-state index in [1.807, 2.05) is 6.20 Å². The highest BCUT2D eigenvalue weighted by Crippen LogP contribution is 2.13. The first-order valence-corrected chi connectivity index (χ1v) is 9.17. The van der Waals surface area contributed by atoms with Gasteiger partial charge in [0.2, 0.25) is 0 Å². The lowest BCUT2D eigenvalue weighted by Gasteiger charge is -2.14. The van der Waals surface area contributed by atoms with Gasteiger partial charge in [0.25, 0.3) is 0 Å². The minimum atomic E-state index is -0.820.